The number of hydrogen-bond donors (Lipinski definition) is 1. The maximum atomic E-state index is 12.4. The quantitative estimate of drug-likeness (QED) is 0.583. The fourth-order valence-corrected chi connectivity index (χ4v) is 3.75. The average Bonchev–Trinajstić information content (AvgIpc) is 3.35. The van der Waals surface area contributed by atoms with E-state index in [9.17, 15) is 4.79 Å². The van der Waals surface area contributed by atoms with Gasteiger partial charge in [0.15, 0.2) is 0 Å². The molecule has 0 aliphatic heterocycles. The van der Waals surface area contributed by atoms with Crippen molar-refractivity contribution in [2.75, 3.05) is 6.54 Å². The fourth-order valence-electron chi connectivity index (χ4n) is 2.73. The lowest BCUT2D eigenvalue weighted by Gasteiger charge is -2.10. The first-order chi connectivity index (χ1) is 12.7. The van der Waals surface area contributed by atoms with Crippen molar-refractivity contribution in [2.24, 2.45) is 0 Å². The SMILES string of the molecule is C[C@@H](CNC(=O)c1ccc(-n2ccnc2)cc1)c1nc2ccccc2s1. The van der Waals surface area contributed by atoms with Gasteiger partial charge in [-0.2, -0.15) is 0 Å². The molecular weight excluding hydrogens is 344 g/mol. The van der Waals surface area contributed by atoms with Gasteiger partial charge in [-0.1, -0.05) is 19.1 Å². The molecule has 0 saturated heterocycles. The molecule has 0 spiro atoms. The number of thiazole rings is 1. The Labute approximate surface area is 155 Å². The molecule has 1 amide bonds. The number of nitrogens with zero attached hydrogens (tertiary/aromatic N) is 3. The molecule has 6 heteroatoms. The van der Waals surface area contributed by atoms with Crippen LogP contribution in [0.3, 0.4) is 0 Å². The fraction of sp³-hybridized carbons (Fsp3) is 0.150. The molecule has 0 saturated carbocycles. The zero-order valence-corrected chi connectivity index (χ0v) is 15.1. The van der Waals surface area contributed by atoms with E-state index in [1.165, 1.54) is 4.70 Å². The van der Waals surface area contributed by atoms with Crippen molar-refractivity contribution in [3.05, 3.63) is 77.8 Å². The molecule has 2 aromatic carbocycles. The van der Waals surface area contributed by atoms with E-state index in [1.54, 1.807) is 23.9 Å². The van der Waals surface area contributed by atoms with Gasteiger partial charge in [-0.3, -0.25) is 4.79 Å². The Kier molecular flexibility index (Phi) is 4.50. The summed E-state index contributed by atoms with van der Waals surface area (Å²) in [6.07, 6.45) is 5.33. The molecule has 5 nitrogen and oxygen atoms in total. The summed E-state index contributed by atoms with van der Waals surface area (Å²) in [4.78, 5) is 21.1. The number of nitrogens with one attached hydrogen (secondary N) is 1. The van der Waals surface area contributed by atoms with E-state index in [0.29, 0.717) is 12.1 Å². The topological polar surface area (TPSA) is 59.8 Å². The number of fused-ring (bicyclic) bond motifs is 1. The Balaban J connectivity index is 1.40. The zero-order valence-electron chi connectivity index (χ0n) is 14.3. The molecule has 0 aliphatic rings. The number of carbonyl (C=O) groups excluding carboxylic acids is 1. The maximum Gasteiger partial charge on any atom is 0.251 e. The largest absolute Gasteiger partial charge is 0.351 e. The highest BCUT2D eigenvalue weighted by Gasteiger charge is 2.13. The first kappa shape index (κ1) is 16.5. The number of aromatic nitrogens is 3. The zero-order chi connectivity index (χ0) is 17.9. The van der Waals surface area contributed by atoms with Crippen molar-refractivity contribution < 1.29 is 4.79 Å². The van der Waals surface area contributed by atoms with Gasteiger partial charge in [0, 0.05) is 36.1 Å². The van der Waals surface area contributed by atoms with Crippen molar-refractivity contribution in [1.29, 1.82) is 0 Å². The molecule has 2 aromatic heterocycles. The van der Waals surface area contributed by atoms with Gasteiger partial charge in [-0.05, 0) is 36.4 Å². The molecule has 26 heavy (non-hydrogen) atoms. The number of amides is 1. The van der Waals surface area contributed by atoms with Crippen LogP contribution in [0.4, 0.5) is 0 Å². The summed E-state index contributed by atoms with van der Waals surface area (Å²) in [5, 5.41) is 4.05. The molecule has 0 unspecified atom stereocenters. The van der Waals surface area contributed by atoms with E-state index in [-0.39, 0.29) is 11.8 Å². The predicted molar refractivity (Wildman–Crippen MR) is 104 cm³/mol. The van der Waals surface area contributed by atoms with Gasteiger partial charge >= 0.3 is 0 Å². The van der Waals surface area contributed by atoms with Crippen LogP contribution in [-0.4, -0.2) is 27.0 Å². The Hall–Kier alpha value is -2.99. The molecule has 1 N–H and O–H groups in total. The molecule has 0 bridgehead atoms. The van der Waals surface area contributed by atoms with Gasteiger partial charge in [-0.15, -0.1) is 11.3 Å². The van der Waals surface area contributed by atoms with E-state index in [4.69, 9.17) is 0 Å². The summed E-state index contributed by atoms with van der Waals surface area (Å²) in [5.41, 5.74) is 2.63. The van der Waals surface area contributed by atoms with Gasteiger partial charge in [-0.25, -0.2) is 9.97 Å². The van der Waals surface area contributed by atoms with Crippen LogP contribution < -0.4 is 5.32 Å². The summed E-state index contributed by atoms with van der Waals surface area (Å²) < 4.78 is 3.08. The van der Waals surface area contributed by atoms with Crippen LogP contribution in [0.5, 0.6) is 0 Å². The van der Waals surface area contributed by atoms with E-state index in [2.05, 4.69) is 28.3 Å². The molecule has 4 rings (SSSR count). The predicted octanol–water partition coefficient (Wildman–Crippen LogP) is 4.02. The summed E-state index contributed by atoms with van der Waals surface area (Å²) in [5.74, 6) is 0.0942. The van der Waals surface area contributed by atoms with Crippen molar-refractivity contribution in [1.82, 2.24) is 19.9 Å². The summed E-state index contributed by atoms with van der Waals surface area (Å²) in [6.45, 7) is 2.64. The first-order valence-electron chi connectivity index (χ1n) is 8.43. The van der Waals surface area contributed by atoms with Crippen molar-refractivity contribution in [2.45, 2.75) is 12.8 Å². The number of imidazole rings is 1. The van der Waals surface area contributed by atoms with E-state index in [1.807, 2.05) is 53.2 Å². The molecule has 0 radical (unpaired) electrons. The highest BCUT2D eigenvalue weighted by molar-refractivity contribution is 7.18. The van der Waals surface area contributed by atoms with Gasteiger partial charge in [0.05, 0.1) is 21.6 Å². The highest BCUT2D eigenvalue weighted by Crippen LogP contribution is 2.26. The first-order valence-corrected chi connectivity index (χ1v) is 9.24. The normalized spacial score (nSPS) is 12.2. The standard InChI is InChI=1S/C20H18N4OS/c1-14(20-23-17-4-2-3-5-18(17)26-20)12-22-19(25)15-6-8-16(9-7-15)24-11-10-21-13-24/h2-11,13-14H,12H2,1H3,(H,22,25)/t14-/m0/s1. The van der Waals surface area contributed by atoms with Gasteiger partial charge in [0.1, 0.15) is 0 Å². The summed E-state index contributed by atoms with van der Waals surface area (Å²) in [7, 11) is 0. The van der Waals surface area contributed by atoms with Gasteiger partial charge in [0.2, 0.25) is 0 Å². The molecule has 1 atom stereocenters. The number of carbonyl (C=O) groups is 1. The number of benzene rings is 2. The number of para-hydroxylation sites is 1. The summed E-state index contributed by atoms with van der Waals surface area (Å²) >= 11 is 1.68. The van der Waals surface area contributed by atoms with Crippen molar-refractivity contribution in [3.8, 4) is 5.69 Å². The van der Waals surface area contributed by atoms with Crippen LogP contribution in [-0.2, 0) is 0 Å². The molecule has 4 aromatic rings. The minimum Gasteiger partial charge on any atom is -0.351 e. The Morgan fingerprint density at radius 1 is 1.19 bits per heavy atom. The second-order valence-corrected chi connectivity index (χ2v) is 7.21. The number of hydrogen-bond acceptors (Lipinski definition) is 4. The third kappa shape index (κ3) is 3.36. The number of rotatable bonds is 5. The minimum atomic E-state index is -0.0739. The van der Waals surface area contributed by atoms with Gasteiger partial charge < -0.3 is 9.88 Å². The molecule has 2 heterocycles. The lowest BCUT2D eigenvalue weighted by molar-refractivity contribution is 0.0951. The Bertz CT molecular complexity index is 989. The average molecular weight is 362 g/mol. The molecule has 0 aliphatic carbocycles. The van der Waals surface area contributed by atoms with E-state index in [0.717, 1.165) is 16.2 Å². The lowest BCUT2D eigenvalue weighted by Crippen LogP contribution is -2.27. The van der Waals surface area contributed by atoms with E-state index >= 15 is 0 Å². The lowest BCUT2D eigenvalue weighted by atomic mass is 10.1. The molecular formula is C20H18N4OS. The maximum absolute atomic E-state index is 12.4. The van der Waals surface area contributed by atoms with Crippen molar-refractivity contribution in [3.63, 3.8) is 0 Å². The monoisotopic (exact) mass is 362 g/mol. The third-order valence-corrected chi connectivity index (χ3v) is 5.50. The Morgan fingerprint density at radius 3 is 2.73 bits per heavy atom. The van der Waals surface area contributed by atoms with Crippen LogP contribution in [0.2, 0.25) is 0 Å². The summed E-state index contributed by atoms with van der Waals surface area (Å²) in [6, 6.07) is 15.6. The van der Waals surface area contributed by atoms with Gasteiger partial charge in [0.25, 0.3) is 5.91 Å². The highest BCUT2D eigenvalue weighted by atomic mass is 32.1. The molecule has 130 valence electrons. The second-order valence-electron chi connectivity index (χ2n) is 6.15. The van der Waals surface area contributed by atoms with Crippen LogP contribution in [0.15, 0.2) is 67.3 Å². The van der Waals surface area contributed by atoms with Crippen LogP contribution in [0.1, 0.15) is 28.2 Å². The second kappa shape index (κ2) is 7.09. The minimum absolute atomic E-state index is 0.0739. The smallest absolute Gasteiger partial charge is 0.251 e. The third-order valence-electron chi connectivity index (χ3n) is 4.23. The Morgan fingerprint density at radius 2 is 2.00 bits per heavy atom. The van der Waals surface area contributed by atoms with E-state index < -0.39 is 0 Å². The van der Waals surface area contributed by atoms with Crippen LogP contribution >= 0.6 is 11.3 Å². The molecule has 0 fully saturated rings. The van der Waals surface area contributed by atoms with Crippen molar-refractivity contribution >= 4 is 27.5 Å². The van der Waals surface area contributed by atoms with Crippen LogP contribution in [0, 0.1) is 0 Å². The van der Waals surface area contributed by atoms with Crippen LogP contribution in [0.25, 0.3) is 15.9 Å².